The highest BCUT2D eigenvalue weighted by Gasteiger charge is 2.38. The fraction of sp³-hybridized carbons (Fsp3) is 0.929. The smallest absolute Gasteiger partial charge is 0.210 e. The summed E-state index contributed by atoms with van der Waals surface area (Å²) in [7, 11) is -3.45. The van der Waals surface area contributed by atoms with Crippen LogP contribution in [0.25, 0.3) is 0 Å². The highest BCUT2D eigenvalue weighted by molar-refractivity contribution is 8.00. The molecule has 0 bridgehead atoms. The first-order chi connectivity index (χ1) is 10.4. The average molecular weight is 349 g/mol. The molecule has 1 aliphatic carbocycles. The number of nitrogens with zero attached hydrogens (tertiary/aromatic N) is 2. The van der Waals surface area contributed by atoms with Gasteiger partial charge < -0.3 is 10.2 Å². The first kappa shape index (κ1) is 17.9. The molecule has 6 nitrogen and oxygen atoms in total. The molecule has 8 heteroatoms. The van der Waals surface area contributed by atoms with E-state index in [-0.39, 0.29) is 12.3 Å². The third kappa shape index (κ3) is 5.31. The van der Waals surface area contributed by atoms with Gasteiger partial charge in [0.15, 0.2) is 5.96 Å². The molecule has 0 radical (unpaired) electrons. The third-order valence-electron chi connectivity index (χ3n) is 4.29. The van der Waals surface area contributed by atoms with Crippen LogP contribution in [-0.4, -0.2) is 61.7 Å². The van der Waals surface area contributed by atoms with E-state index in [1.807, 2.05) is 6.92 Å². The molecule has 128 valence electrons. The Hall–Kier alpha value is -0.470. The van der Waals surface area contributed by atoms with E-state index in [1.54, 1.807) is 0 Å². The maximum absolute atomic E-state index is 11.1. The second-order valence-corrected chi connectivity index (χ2v) is 9.41. The molecule has 2 aliphatic rings. The average Bonchev–Trinajstić information content (AvgIpc) is 2.46. The number of nitrogens with two attached hydrogens (primary N) is 1. The number of rotatable bonds is 4. The van der Waals surface area contributed by atoms with Gasteiger partial charge in [-0.3, -0.25) is 4.99 Å². The molecule has 0 amide bonds. The Labute approximate surface area is 138 Å². The molecule has 1 saturated heterocycles. The Morgan fingerprint density at radius 2 is 2.09 bits per heavy atom. The van der Waals surface area contributed by atoms with Crippen molar-refractivity contribution in [3.8, 4) is 0 Å². The minimum Gasteiger partial charge on any atom is -0.357 e. The van der Waals surface area contributed by atoms with E-state index in [4.69, 9.17) is 5.14 Å². The molecular weight excluding hydrogens is 320 g/mol. The van der Waals surface area contributed by atoms with Gasteiger partial charge in [0.25, 0.3) is 0 Å². The summed E-state index contributed by atoms with van der Waals surface area (Å²) < 4.78 is 22.5. The van der Waals surface area contributed by atoms with Gasteiger partial charge in [-0.25, -0.2) is 13.6 Å². The predicted octanol–water partition coefficient (Wildman–Crippen LogP) is 0.992. The lowest BCUT2D eigenvalue weighted by atomic mass is 9.87. The Morgan fingerprint density at radius 3 is 2.73 bits per heavy atom. The van der Waals surface area contributed by atoms with Gasteiger partial charge in [-0.1, -0.05) is 19.3 Å². The molecule has 1 heterocycles. The first-order valence-electron chi connectivity index (χ1n) is 8.12. The molecule has 1 aliphatic heterocycles. The number of primary sulfonamides is 1. The summed E-state index contributed by atoms with van der Waals surface area (Å²) >= 11 is 2.11. The molecule has 2 fully saturated rings. The van der Waals surface area contributed by atoms with Crippen molar-refractivity contribution in [2.24, 2.45) is 10.1 Å². The summed E-state index contributed by atoms with van der Waals surface area (Å²) in [5, 5.41) is 8.34. The number of hydrogen-bond donors (Lipinski definition) is 2. The summed E-state index contributed by atoms with van der Waals surface area (Å²) in [6, 6.07) is 0. The Morgan fingerprint density at radius 1 is 1.36 bits per heavy atom. The zero-order chi connectivity index (χ0) is 16.1. The normalized spacial score (nSPS) is 22.8. The molecular formula is C14H28N4O2S2. The van der Waals surface area contributed by atoms with Crippen LogP contribution in [0.2, 0.25) is 0 Å². The van der Waals surface area contributed by atoms with E-state index in [1.165, 1.54) is 32.1 Å². The molecule has 0 aromatic rings. The van der Waals surface area contributed by atoms with Crippen molar-refractivity contribution in [2.45, 2.75) is 43.8 Å². The van der Waals surface area contributed by atoms with Crippen molar-refractivity contribution in [3.63, 3.8) is 0 Å². The minimum absolute atomic E-state index is 0.102. The zero-order valence-corrected chi connectivity index (χ0v) is 15.0. The van der Waals surface area contributed by atoms with Gasteiger partial charge in [-0.15, -0.1) is 0 Å². The molecule has 3 N–H and O–H groups in total. The summed E-state index contributed by atoms with van der Waals surface area (Å²) in [5.74, 6) is 1.84. The molecule has 2 rings (SSSR count). The molecule has 0 aromatic heterocycles. The largest absolute Gasteiger partial charge is 0.357 e. The number of nitrogens with one attached hydrogen (secondary N) is 1. The number of sulfonamides is 1. The van der Waals surface area contributed by atoms with Gasteiger partial charge >= 0.3 is 0 Å². The van der Waals surface area contributed by atoms with Crippen molar-refractivity contribution in [1.82, 2.24) is 10.2 Å². The number of thioether (sulfide) groups is 1. The quantitative estimate of drug-likeness (QED) is 0.584. The molecule has 0 aromatic carbocycles. The van der Waals surface area contributed by atoms with E-state index >= 15 is 0 Å². The topological polar surface area (TPSA) is 87.8 Å². The Bertz CT molecular complexity index is 482. The lowest BCUT2D eigenvalue weighted by molar-refractivity contribution is 0.293. The van der Waals surface area contributed by atoms with Gasteiger partial charge in [-0.05, 0) is 19.8 Å². The van der Waals surface area contributed by atoms with Gasteiger partial charge in [-0.2, -0.15) is 11.8 Å². The van der Waals surface area contributed by atoms with Crippen molar-refractivity contribution < 1.29 is 8.42 Å². The van der Waals surface area contributed by atoms with E-state index < -0.39 is 10.0 Å². The van der Waals surface area contributed by atoms with E-state index in [0.29, 0.717) is 4.75 Å². The minimum atomic E-state index is -3.45. The SMILES string of the molecule is CCNC(=NCCS(N)(=O)=O)N1CCSC2(CCCCC2)C1. The van der Waals surface area contributed by atoms with Gasteiger partial charge in [0, 0.05) is 30.1 Å². The van der Waals surface area contributed by atoms with Gasteiger partial charge in [0.2, 0.25) is 10.0 Å². The molecule has 22 heavy (non-hydrogen) atoms. The number of guanidine groups is 1. The second-order valence-electron chi connectivity index (χ2n) is 6.12. The lowest BCUT2D eigenvalue weighted by Crippen LogP contribution is -2.53. The van der Waals surface area contributed by atoms with Crippen LogP contribution in [0.5, 0.6) is 0 Å². The van der Waals surface area contributed by atoms with Crippen LogP contribution in [0.1, 0.15) is 39.0 Å². The van der Waals surface area contributed by atoms with Gasteiger partial charge in [0.05, 0.1) is 12.3 Å². The highest BCUT2D eigenvalue weighted by atomic mass is 32.2. The van der Waals surface area contributed by atoms with Crippen LogP contribution >= 0.6 is 11.8 Å². The molecule has 0 unspecified atom stereocenters. The Kier molecular flexibility index (Phi) is 6.40. The maximum Gasteiger partial charge on any atom is 0.210 e. The Balaban J connectivity index is 2.02. The van der Waals surface area contributed by atoms with Crippen LogP contribution in [0.15, 0.2) is 4.99 Å². The van der Waals surface area contributed by atoms with Crippen molar-refractivity contribution >= 4 is 27.7 Å². The zero-order valence-electron chi connectivity index (χ0n) is 13.4. The standard InChI is InChI=1S/C14H28N4O2S2/c1-2-16-13(17-8-11-22(15,19)20)18-9-10-21-14(12-18)6-4-3-5-7-14/h2-12H2,1H3,(H,16,17)(H2,15,19,20). The molecule has 1 saturated carbocycles. The molecule has 1 spiro atoms. The summed E-state index contributed by atoms with van der Waals surface area (Å²) in [6.07, 6.45) is 6.56. The van der Waals surface area contributed by atoms with Crippen LogP contribution in [0.4, 0.5) is 0 Å². The lowest BCUT2D eigenvalue weighted by Gasteiger charge is -2.45. The van der Waals surface area contributed by atoms with E-state index in [0.717, 1.165) is 31.3 Å². The van der Waals surface area contributed by atoms with Crippen LogP contribution < -0.4 is 10.5 Å². The highest BCUT2D eigenvalue weighted by Crippen LogP contribution is 2.42. The maximum atomic E-state index is 11.1. The summed E-state index contributed by atoms with van der Waals surface area (Å²) in [4.78, 5) is 6.76. The van der Waals surface area contributed by atoms with Crippen LogP contribution in [0, 0.1) is 0 Å². The summed E-state index contributed by atoms with van der Waals surface area (Å²) in [6.45, 7) is 5.01. The van der Waals surface area contributed by atoms with Crippen LogP contribution in [0.3, 0.4) is 0 Å². The van der Waals surface area contributed by atoms with Crippen molar-refractivity contribution in [1.29, 1.82) is 0 Å². The number of aliphatic imine (C=N–C) groups is 1. The monoisotopic (exact) mass is 348 g/mol. The summed E-state index contributed by atoms with van der Waals surface area (Å²) in [5.41, 5.74) is 0. The van der Waals surface area contributed by atoms with Crippen LogP contribution in [-0.2, 0) is 10.0 Å². The third-order valence-corrected chi connectivity index (χ3v) is 6.57. The van der Waals surface area contributed by atoms with Gasteiger partial charge in [0.1, 0.15) is 0 Å². The fourth-order valence-electron chi connectivity index (χ4n) is 3.23. The second kappa shape index (κ2) is 7.88. The first-order valence-corrected chi connectivity index (χ1v) is 10.8. The predicted molar refractivity (Wildman–Crippen MR) is 93.8 cm³/mol. The number of hydrogen-bond acceptors (Lipinski definition) is 4. The van der Waals surface area contributed by atoms with E-state index in [2.05, 4.69) is 27.0 Å². The van der Waals surface area contributed by atoms with Crippen molar-refractivity contribution in [3.05, 3.63) is 0 Å². The van der Waals surface area contributed by atoms with E-state index in [9.17, 15) is 8.42 Å². The fourth-order valence-corrected chi connectivity index (χ4v) is 5.14. The van der Waals surface area contributed by atoms with Crippen molar-refractivity contribution in [2.75, 3.05) is 37.7 Å². The molecule has 0 atom stereocenters.